The molecule has 2 amide bonds. The fraction of sp³-hybridized carbons (Fsp3) is 0.346. The van der Waals surface area contributed by atoms with Crippen LogP contribution in [0.3, 0.4) is 0 Å². The number of sulfonamides is 1. The van der Waals surface area contributed by atoms with E-state index in [0.717, 1.165) is 27.1 Å². The Morgan fingerprint density at radius 1 is 1.13 bits per heavy atom. The number of aryl methyl sites for hydroxylation is 1. The smallest absolute Gasteiger partial charge is 0.268 e. The summed E-state index contributed by atoms with van der Waals surface area (Å²) >= 11 is 0. The van der Waals surface area contributed by atoms with Crippen molar-refractivity contribution in [1.82, 2.24) is 20.1 Å². The summed E-state index contributed by atoms with van der Waals surface area (Å²) in [5.41, 5.74) is 2.17. The number of aromatic nitrogens is 1. The van der Waals surface area contributed by atoms with Crippen molar-refractivity contribution in [3.63, 3.8) is 0 Å². The van der Waals surface area contributed by atoms with Crippen LogP contribution in [0.1, 0.15) is 24.1 Å². The van der Waals surface area contributed by atoms with Gasteiger partial charge in [-0.15, -0.1) is 0 Å². The minimum Gasteiger partial charge on any atom is -0.489 e. The Labute approximate surface area is 223 Å². The van der Waals surface area contributed by atoms with Gasteiger partial charge < -0.3 is 9.64 Å². The summed E-state index contributed by atoms with van der Waals surface area (Å²) in [6.45, 7) is 1.31. The summed E-state index contributed by atoms with van der Waals surface area (Å²) in [7, 11) is -4.28. The molecule has 1 aliphatic carbocycles. The first-order valence-electron chi connectivity index (χ1n) is 12.1. The number of nitrogens with one attached hydrogen (secondary N) is 2. The zero-order valence-corrected chi connectivity index (χ0v) is 21.7. The van der Waals surface area contributed by atoms with E-state index in [1.54, 1.807) is 0 Å². The summed E-state index contributed by atoms with van der Waals surface area (Å²) in [6.07, 6.45) is -1.17. The summed E-state index contributed by atoms with van der Waals surface area (Å²) in [4.78, 5) is 30.2. The number of halogens is 2. The van der Waals surface area contributed by atoms with E-state index >= 15 is 0 Å². The fourth-order valence-electron chi connectivity index (χ4n) is 4.92. The van der Waals surface area contributed by atoms with E-state index in [4.69, 9.17) is 4.74 Å². The monoisotopic (exact) mass is 560 g/mol. The van der Waals surface area contributed by atoms with Crippen LogP contribution >= 0.6 is 0 Å². The molecule has 13 heteroatoms. The number of carbonyl (C=O) groups is 2. The van der Waals surface area contributed by atoms with Gasteiger partial charge in [-0.1, -0.05) is 18.2 Å². The van der Waals surface area contributed by atoms with Gasteiger partial charge in [0.25, 0.3) is 5.91 Å². The highest BCUT2D eigenvalue weighted by atomic mass is 32.2. The van der Waals surface area contributed by atoms with Gasteiger partial charge in [-0.3, -0.25) is 19.8 Å². The average Bonchev–Trinajstić information content (AvgIpc) is 2.87. The number of pyridine rings is 1. The lowest BCUT2D eigenvalue weighted by Gasteiger charge is -2.50. The maximum absolute atomic E-state index is 13.1. The molecule has 3 aromatic rings. The molecule has 206 valence electrons. The number of para-hydroxylation sites is 1. The predicted molar refractivity (Wildman–Crippen MR) is 134 cm³/mol. The Kier molecular flexibility index (Phi) is 6.77. The topological polar surface area (TPSA) is 138 Å². The highest BCUT2D eigenvalue weighted by Gasteiger charge is 2.57. The van der Waals surface area contributed by atoms with Gasteiger partial charge >= 0.3 is 0 Å². The Balaban J connectivity index is 1.25. The van der Waals surface area contributed by atoms with E-state index in [9.17, 15) is 32.0 Å². The molecule has 2 fully saturated rings. The molecule has 0 radical (unpaired) electrons. The molecular formula is C26H26F2N4O6S. The SMILES string of the molecule is Cc1cc(COc2ccc(S(=O)(=O)NC3(C(=O)NO)CN(C(=O)C4CC(F)(F)C4)C3)cc2)c2ccccc2n1. The number of ether oxygens (including phenoxy) is 1. The summed E-state index contributed by atoms with van der Waals surface area (Å²) in [6, 6.07) is 15.1. The Morgan fingerprint density at radius 2 is 1.79 bits per heavy atom. The minimum atomic E-state index is -4.28. The van der Waals surface area contributed by atoms with E-state index in [-0.39, 0.29) is 11.5 Å². The quantitative estimate of drug-likeness (QED) is 0.284. The molecular weight excluding hydrogens is 534 g/mol. The standard InChI is InChI=1S/C26H26F2N4O6S/c1-16-10-17(21-4-2-3-5-22(21)29-16)13-38-19-6-8-20(9-7-19)39(36,37)31-25(24(34)30-35)14-32(15-25)23(33)18-11-26(27,28)12-18/h2-10,18,31,35H,11-15H2,1H3,(H,30,34). The molecule has 0 atom stereocenters. The van der Waals surface area contributed by atoms with Crippen LogP contribution in [0, 0.1) is 12.8 Å². The van der Waals surface area contributed by atoms with Crippen LogP contribution in [0.4, 0.5) is 8.78 Å². The van der Waals surface area contributed by atoms with Crippen LogP contribution in [0.15, 0.2) is 59.5 Å². The van der Waals surface area contributed by atoms with E-state index in [2.05, 4.69) is 9.71 Å². The van der Waals surface area contributed by atoms with E-state index in [1.165, 1.54) is 29.7 Å². The molecule has 10 nitrogen and oxygen atoms in total. The molecule has 2 aromatic carbocycles. The van der Waals surface area contributed by atoms with Crippen LogP contribution in [0.25, 0.3) is 10.9 Å². The number of carbonyl (C=O) groups excluding carboxylic acids is 2. The first-order valence-corrected chi connectivity index (χ1v) is 13.6. The van der Waals surface area contributed by atoms with E-state index < -0.39 is 65.1 Å². The Morgan fingerprint density at radius 3 is 2.44 bits per heavy atom. The number of rotatable bonds is 8. The number of hydrogen-bond acceptors (Lipinski definition) is 7. The lowest BCUT2D eigenvalue weighted by molar-refractivity contribution is -0.169. The van der Waals surface area contributed by atoms with Crippen LogP contribution in [-0.2, 0) is 26.2 Å². The summed E-state index contributed by atoms with van der Waals surface area (Å²) in [5.74, 6) is -5.01. The normalized spacial score (nSPS) is 18.2. The van der Waals surface area contributed by atoms with Crippen molar-refractivity contribution in [3.05, 3.63) is 65.9 Å². The number of hydrogen-bond donors (Lipinski definition) is 3. The molecule has 1 saturated heterocycles. The zero-order chi connectivity index (χ0) is 28.0. The molecule has 5 rings (SSSR count). The van der Waals surface area contributed by atoms with Crippen molar-refractivity contribution in [2.45, 2.75) is 42.7 Å². The molecule has 2 heterocycles. The first-order chi connectivity index (χ1) is 18.4. The van der Waals surface area contributed by atoms with Gasteiger partial charge in [-0.05, 0) is 43.3 Å². The number of hydroxylamine groups is 1. The maximum atomic E-state index is 13.1. The van der Waals surface area contributed by atoms with Gasteiger partial charge in [0.15, 0.2) is 0 Å². The van der Waals surface area contributed by atoms with Crippen molar-refractivity contribution < 1.29 is 36.7 Å². The second-order valence-electron chi connectivity index (χ2n) is 9.98. The van der Waals surface area contributed by atoms with Crippen LogP contribution in [0.2, 0.25) is 0 Å². The van der Waals surface area contributed by atoms with Gasteiger partial charge in [0.2, 0.25) is 21.9 Å². The average molecular weight is 561 g/mol. The van der Waals surface area contributed by atoms with Gasteiger partial charge in [0.1, 0.15) is 17.9 Å². The van der Waals surface area contributed by atoms with Gasteiger partial charge in [0.05, 0.1) is 23.5 Å². The summed E-state index contributed by atoms with van der Waals surface area (Å²) < 4.78 is 60.6. The molecule has 1 aliphatic heterocycles. The van der Waals surface area contributed by atoms with Crippen LogP contribution < -0.4 is 14.9 Å². The first kappa shape index (κ1) is 26.9. The second-order valence-corrected chi connectivity index (χ2v) is 11.7. The predicted octanol–water partition coefficient (Wildman–Crippen LogP) is 2.53. The van der Waals surface area contributed by atoms with Crippen molar-refractivity contribution in [2.75, 3.05) is 13.1 Å². The summed E-state index contributed by atoms with van der Waals surface area (Å²) in [5, 5.41) is 10.1. The highest BCUT2D eigenvalue weighted by molar-refractivity contribution is 7.89. The molecule has 1 aromatic heterocycles. The Hall–Kier alpha value is -3.68. The third kappa shape index (κ3) is 5.29. The van der Waals surface area contributed by atoms with Crippen LogP contribution in [0.5, 0.6) is 5.75 Å². The second kappa shape index (κ2) is 9.81. The minimum absolute atomic E-state index is 0.173. The van der Waals surface area contributed by atoms with Gasteiger partial charge in [0, 0.05) is 35.4 Å². The molecule has 0 spiro atoms. The molecule has 0 bridgehead atoms. The maximum Gasteiger partial charge on any atom is 0.268 e. The number of likely N-dealkylation sites (tertiary alicyclic amines) is 1. The number of fused-ring (bicyclic) bond motifs is 1. The van der Waals surface area contributed by atoms with E-state index in [0.29, 0.717) is 5.75 Å². The molecule has 2 aliphatic rings. The number of nitrogens with zero attached hydrogens (tertiary/aromatic N) is 2. The Bertz CT molecular complexity index is 1530. The lowest BCUT2D eigenvalue weighted by Crippen LogP contribution is -2.77. The third-order valence-corrected chi connectivity index (χ3v) is 8.55. The zero-order valence-electron chi connectivity index (χ0n) is 20.9. The van der Waals surface area contributed by atoms with Gasteiger partial charge in [-0.2, -0.15) is 4.72 Å². The number of benzene rings is 2. The molecule has 3 N–H and O–H groups in total. The van der Waals surface area contributed by atoms with E-state index in [1.807, 2.05) is 37.3 Å². The third-order valence-electron chi connectivity index (χ3n) is 7.00. The largest absolute Gasteiger partial charge is 0.489 e. The number of alkyl halides is 2. The fourth-order valence-corrected chi connectivity index (χ4v) is 6.27. The van der Waals surface area contributed by atoms with Crippen molar-refractivity contribution in [3.8, 4) is 5.75 Å². The van der Waals surface area contributed by atoms with Gasteiger partial charge in [-0.25, -0.2) is 22.7 Å². The van der Waals surface area contributed by atoms with Crippen molar-refractivity contribution in [2.24, 2.45) is 5.92 Å². The number of amides is 2. The highest BCUT2D eigenvalue weighted by Crippen LogP contribution is 2.44. The molecule has 1 saturated carbocycles. The van der Waals surface area contributed by atoms with Crippen molar-refractivity contribution >= 4 is 32.7 Å². The van der Waals surface area contributed by atoms with Crippen LogP contribution in [-0.4, -0.2) is 59.9 Å². The lowest BCUT2D eigenvalue weighted by atomic mass is 9.78. The molecule has 0 unspecified atom stereocenters. The van der Waals surface area contributed by atoms with Crippen molar-refractivity contribution in [1.29, 1.82) is 0 Å². The molecule has 39 heavy (non-hydrogen) atoms.